The fourth-order valence-electron chi connectivity index (χ4n) is 1.34. The predicted octanol–water partition coefficient (Wildman–Crippen LogP) is 0.344. The van der Waals surface area contributed by atoms with Crippen LogP contribution in [0.5, 0.6) is 0 Å². The van der Waals surface area contributed by atoms with E-state index in [1.54, 1.807) is 6.20 Å². The summed E-state index contributed by atoms with van der Waals surface area (Å²) < 4.78 is 6.13. The number of benzene rings is 1. The van der Waals surface area contributed by atoms with Crippen molar-refractivity contribution in [2.45, 2.75) is 6.04 Å². The second-order valence-corrected chi connectivity index (χ2v) is 2.91. The summed E-state index contributed by atoms with van der Waals surface area (Å²) in [5, 5.41) is 12.9. The molecule has 0 aliphatic rings. The fourth-order valence-corrected chi connectivity index (χ4v) is 1.34. The molecule has 1 heterocycles. The minimum atomic E-state index is -0.203. The van der Waals surface area contributed by atoms with E-state index in [-0.39, 0.29) is 12.6 Å². The highest BCUT2D eigenvalue weighted by atomic mass is 16.5. The van der Waals surface area contributed by atoms with Crippen molar-refractivity contribution in [1.82, 2.24) is 5.27 Å². The van der Waals surface area contributed by atoms with Crippen LogP contribution < -0.4 is 4.68 Å². The van der Waals surface area contributed by atoms with Crippen molar-refractivity contribution >= 4 is 0 Å². The maximum Gasteiger partial charge on any atom is 0.281 e. The molecule has 0 bridgehead atoms. The fraction of sp³-hybridized carbons (Fsp3) is 0.200. The zero-order valence-corrected chi connectivity index (χ0v) is 7.50. The maximum atomic E-state index is 9.23. The number of rotatable bonds is 3. The molecule has 0 fully saturated rings. The van der Waals surface area contributed by atoms with Gasteiger partial charge in [0.05, 0.1) is 0 Å². The summed E-state index contributed by atoms with van der Waals surface area (Å²) in [5.74, 6) is 0. The normalized spacial score (nSPS) is 12.6. The quantitative estimate of drug-likeness (QED) is 0.710. The molecule has 0 saturated carbocycles. The molecule has 1 atom stereocenters. The average molecular weight is 190 g/mol. The molecule has 1 aromatic heterocycles. The van der Waals surface area contributed by atoms with Gasteiger partial charge in [-0.2, -0.15) is 0 Å². The molecule has 1 aromatic carbocycles. The van der Waals surface area contributed by atoms with Gasteiger partial charge in [-0.3, -0.25) is 4.52 Å². The average Bonchev–Trinajstić information content (AvgIpc) is 2.74. The summed E-state index contributed by atoms with van der Waals surface area (Å²) in [5.41, 5.74) is 0.988. The van der Waals surface area contributed by atoms with E-state index < -0.39 is 0 Å². The Morgan fingerprint density at radius 3 is 2.79 bits per heavy atom. The molecule has 4 heteroatoms. The van der Waals surface area contributed by atoms with Gasteiger partial charge in [-0.25, -0.2) is 0 Å². The molecule has 1 radical (unpaired) electrons. The van der Waals surface area contributed by atoms with Crippen LogP contribution in [-0.2, 0) is 0 Å². The van der Waals surface area contributed by atoms with Crippen molar-refractivity contribution in [3.8, 4) is 0 Å². The molecule has 71 valence electrons. The zero-order chi connectivity index (χ0) is 9.80. The standard InChI is InChI=1S/C10H10N2O2/c13-8-10(12-6-7-14-11-12)9-4-2-1-3-5-9/h1-6,10,13H,8H2/q+1/t10-/m1/s1. The van der Waals surface area contributed by atoms with E-state index in [9.17, 15) is 5.11 Å². The number of aromatic nitrogens is 2. The molecule has 0 aliphatic carbocycles. The minimum absolute atomic E-state index is 0.0188. The van der Waals surface area contributed by atoms with Crippen LogP contribution in [0.1, 0.15) is 11.6 Å². The topological polar surface area (TPSA) is 50.1 Å². The van der Waals surface area contributed by atoms with Crippen molar-refractivity contribution in [2.24, 2.45) is 0 Å². The molecule has 4 nitrogen and oxygen atoms in total. The van der Waals surface area contributed by atoms with Crippen LogP contribution in [0.4, 0.5) is 0 Å². The Labute approximate surface area is 81.4 Å². The van der Waals surface area contributed by atoms with Gasteiger partial charge in [-0.15, -0.1) is 0 Å². The number of hydrogen-bond donors (Lipinski definition) is 1. The first-order valence-electron chi connectivity index (χ1n) is 4.32. The van der Waals surface area contributed by atoms with E-state index in [0.717, 1.165) is 5.56 Å². The molecule has 0 aliphatic heterocycles. The van der Waals surface area contributed by atoms with Crippen molar-refractivity contribution in [3.05, 3.63) is 48.4 Å². The molecule has 14 heavy (non-hydrogen) atoms. The summed E-state index contributed by atoms with van der Waals surface area (Å²) >= 11 is 0. The van der Waals surface area contributed by atoms with Gasteiger partial charge in [0.25, 0.3) is 6.26 Å². The van der Waals surface area contributed by atoms with Gasteiger partial charge < -0.3 is 5.11 Å². The smallest absolute Gasteiger partial charge is 0.281 e. The summed E-state index contributed by atoms with van der Waals surface area (Å²) in [6.45, 7) is -0.0188. The van der Waals surface area contributed by atoms with Crippen LogP contribution in [0.2, 0.25) is 0 Å². The molecular formula is C10H10N2O2+. The van der Waals surface area contributed by atoms with Gasteiger partial charge in [-0.05, 0) is 4.68 Å². The van der Waals surface area contributed by atoms with Crippen LogP contribution in [0, 0.1) is 6.26 Å². The lowest BCUT2D eigenvalue weighted by Crippen LogP contribution is -2.43. The Balaban J connectivity index is 2.31. The Kier molecular flexibility index (Phi) is 2.55. The summed E-state index contributed by atoms with van der Waals surface area (Å²) in [6.07, 6.45) is 4.04. The highest BCUT2D eigenvalue weighted by molar-refractivity contribution is 5.16. The van der Waals surface area contributed by atoms with E-state index in [2.05, 4.69) is 16.1 Å². The van der Waals surface area contributed by atoms with Crippen LogP contribution in [-0.4, -0.2) is 17.0 Å². The Hall–Kier alpha value is -1.68. The summed E-state index contributed by atoms with van der Waals surface area (Å²) in [4.78, 5) is 0. The molecular weight excluding hydrogens is 180 g/mol. The van der Waals surface area contributed by atoms with Crippen molar-refractivity contribution in [3.63, 3.8) is 0 Å². The third-order valence-corrected chi connectivity index (χ3v) is 2.05. The monoisotopic (exact) mass is 190 g/mol. The SMILES string of the molecule is OC[C@H](c1ccccc1)[n+]1c[c]on1. The van der Waals surface area contributed by atoms with Crippen LogP contribution in [0.3, 0.4) is 0 Å². The van der Waals surface area contributed by atoms with E-state index in [1.165, 1.54) is 4.68 Å². The van der Waals surface area contributed by atoms with Gasteiger partial charge in [0, 0.05) is 5.56 Å². The summed E-state index contributed by atoms with van der Waals surface area (Å²) in [6, 6.07) is 9.43. The van der Waals surface area contributed by atoms with Gasteiger partial charge in [0.15, 0.2) is 5.27 Å². The lowest BCUT2D eigenvalue weighted by atomic mass is 10.1. The highest BCUT2D eigenvalue weighted by Gasteiger charge is 2.22. The van der Waals surface area contributed by atoms with E-state index in [4.69, 9.17) is 0 Å². The van der Waals surface area contributed by atoms with Crippen LogP contribution in [0.25, 0.3) is 0 Å². The maximum absolute atomic E-state index is 9.23. The van der Waals surface area contributed by atoms with Gasteiger partial charge in [0.2, 0.25) is 12.2 Å². The third kappa shape index (κ3) is 1.65. The number of aliphatic hydroxyl groups is 1. The molecule has 0 saturated heterocycles. The molecule has 2 rings (SSSR count). The van der Waals surface area contributed by atoms with Crippen molar-refractivity contribution in [2.75, 3.05) is 6.61 Å². The second-order valence-electron chi connectivity index (χ2n) is 2.91. The number of hydrogen-bond acceptors (Lipinski definition) is 3. The Bertz CT molecular complexity index is 372. The molecule has 0 amide bonds. The van der Waals surface area contributed by atoms with E-state index >= 15 is 0 Å². The zero-order valence-electron chi connectivity index (χ0n) is 7.50. The van der Waals surface area contributed by atoms with Gasteiger partial charge >= 0.3 is 0 Å². The lowest BCUT2D eigenvalue weighted by Gasteiger charge is -2.03. The predicted molar refractivity (Wildman–Crippen MR) is 47.2 cm³/mol. The molecule has 0 unspecified atom stereocenters. The van der Waals surface area contributed by atoms with Gasteiger partial charge in [-0.1, -0.05) is 30.3 Å². The number of nitrogens with zero attached hydrogens (tertiary/aromatic N) is 2. The first-order valence-corrected chi connectivity index (χ1v) is 4.32. The van der Waals surface area contributed by atoms with Crippen molar-refractivity contribution < 1.29 is 14.3 Å². The van der Waals surface area contributed by atoms with Gasteiger partial charge in [0.1, 0.15) is 6.61 Å². The minimum Gasteiger partial charge on any atom is -0.389 e. The Morgan fingerprint density at radius 1 is 1.43 bits per heavy atom. The highest BCUT2D eigenvalue weighted by Crippen LogP contribution is 2.09. The molecule has 2 aromatic rings. The largest absolute Gasteiger partial charge is 0.389 e. The molecule has 1 N–H and O–H groups in total. The number of aliphatic hydroxyl groups excluding tert-OH is 1. The first kappa shape index (κ1) is 8.90. The molecule has 0 spiro atoms. The van der Waals surface area contributed by atoms with Crippen LogP contribution in [0.15, 0.2) is 41.1 Å². The Morgan fingerprint density at radius 2 is 2.21 bits per heavy atom. The third-order valence-electron chi connectivity index (χ3n) is 2.05. The second kappa shape index (κ2) is 4.02. The van der Waals surface area contributed by atoms with E-state index in [0.29, 0.717) is 0 Å². The van der Waals surface area contributed by atoms with Crippen LogP contribution >= 0.6 is 0 Å². The summed E-state index contributed by atoms with van der Waals surface area (Å²) in [7, 11) is 0. The first-order chi connectivity index (χ1) is 6.92. The van der Waals surface area contributed by atoms with E-state index in [1.807, 2.05) is 30.3 Å². The lowest BCUT2D eigenvalue weighted by molar-refractivity contribution is -0.778. The van der Waals surface area contributed by atoms with Crippen molar-refractivity contribution in [1.29, 1.82) is 0 Å².